The van der Waals surface area contributed by atoms with Gasteiger partial charge in [-0.05, 0) is 0 Å². The second-order valence-corrected chi connectivity index (χ2v) is 3.28. The Hall–Kier alpha value is -0.290. The van der Waals surface area contributed by atoms with E-state index in [0.717, 1.165) is 0 Å². The van der Waals surface area contributed by atoms with E-state index in [0.29, 0.717) is 0 Å². The number of hydrogen-bond donors (Lipinski definition) is 2. The molecule has 1 unspecified atom stereocenters. The van der Waals surface area contributed by atoms with Gasteiger partial charge in [-0.25, -0.2) is 9.18 Å². The van der Waals surface area contributed by atoms with Crippen molar-refractivity contribution in [2.24, 2.45) is 0 Å². The third-order valence-electron chi connectivity index (χ3n) is 1.39. The third-order valence-corrected chi connectivity index (χ3v) is 2.80. The SMILES string of the molecule is O=C(O)C(F)C1(O)CSC1. The maximum atomic E-state index is 12.5. The molecule has 0 aliphatic carbocycles. The lowest BCUT2D eigenvalue weighted by Crippen LogP contribution is -2.54. The topological polar surface area (TPSA) is 57.5 Å². The minimum absolute atomic E-state index is 0.181. The Morgan fingerprint density at radius 1 is 1.70 bits per heavy atom. The maximum Gasteiger partial charge on any atom is 0.341 e. The molecule has 1 rings (SSSR count). The highest BCUT2D eigenvalue weighted by molar-refractivity contribution is 8.00. The summed E-state index contributed by atoms with van der Waals surface area (Å²) < 4.78 is 12.5. The quantitative estimate of drug-likeness (QED) is 0.600. The van der Waals surface area contributed by atoms with E-state index < -0.39 is 17.7 Å². The van der Waals surface area contributed by atoms with Gasteiger partial charge in [-0.15, -0.1) is 0 Å². The van der Waals surface area contributed by atoms with Crippen LogP contribution in [0.15, 0.2) is 0 Å². The average molecular weight is 166 g/mol. The Labute approximate surface area is 61.2 Å². The van der Waals surface area contributed by atoms with Crippen LogP contribution in [0.1, 0.15) is 0 Å². The van der Waals surface area contributed by atoms with E-state index in [1.54, 1.807) is 0 Å². The van der Waals surface area contributed by atoms with Crippen LogP contribution in [-0.4, -0.2) is 39.5 Å². The van der Waals surface area contributed by atoms with Gasteiger partial charge in [0.25, 0.3) is 0 Å². The van der Waals surface area contributed by atoms with E-state index in [1.807, 2.05) is 0 Å². The summed E-state index contributed by atoms with van der Waals surface area (Å²) in [5.41, 5.74) is -1.60. The number of carboxylic acids is 1. The van der Waals surface area contributed by atoms with Gasteiger partial charge in [0.2, 0.25) is 6.17 Å². The second kappa shape index (κ2) is 2.39. The molecule has 0 aromatic carbocycles. The molecule has 1 fully saturated rings. The van der Waals surface area contributed by atoms with Crippen LogP contribution < -0.4 is 0 Å². The number of aliphatic hydroxyl groups is 1. The summed E-state index contributed by atoms with van der Waals surface area (Å²) in [6.07, 6.45) is -2.13. The van der Waals surface area contributed by atoms with Crippen LogP contribution in [0.5, 0.6) is 0 Å². The Bertz CT molecular complexity index is 157. The summed E-state index contributed by atoms with van der Waals surface area (Å²) in [5, 5.41) is 17.2. The largest absolute Gasteiger partial charge is 0.479 e. The highest BCUT2D eigenvalue weighted by Gasteiger charge is 2.47. The summed E-state index contributed by atoms with van der Waals surface area (Å²) in [5.74, 6) is -1.22. The number of thioether (sulfide) groups is 1. The standard InChI is InChI=1S/C5H7FO3S/c6-3(4(7)8)5(9)1-10-2-5/h3,9H,1-2H2,(H,7,8). The summed E-state index contributed by atoms with van der Waals surface area (Å²) in [7, 11) is 0. The molecule has 1 saturated heterocycles. The van der Waals surface area contributed by atoms with Crippen molar-refractivity contribution < 1.29 is 19.4 Å². The summed E-state index contributed by atoms with van der Waals surface area (Å²) >= 11 is 1.34. The Morgan fingerprint density at radius 2 is 2.20 bits per heavy atom. The van der Waals surface area contributed by atoms with E-state index in [1.165, 1.54) is 11.8 Å². The molecule has 5 heteroatoms. The number of aliphatic carboxylic acids is 1. The van der Waals surface area contributed by atoms with Crippen molar-refractivity contribution in [1.82, 2.24) is 0 Å². The fraction of sp³-hybridized carbons (Fsp3) is 0.800. The van der Waals surface area contributed by atoms with Gasteiger partial charge in [0.1, 0.15) is 5.60 Å². The minimum Gasteiger partial charge on any atom is -0.479 e. The molecule has 0 saturated carbocycles. The Balaban J connectivity index is 2.54. The van der Waals surface area contributed by atoms with Gasteiger partial charge in [0.05, 0.1) is 0 Å². The van der Waals surface area contributed by atoms with Crippen LogP contribution >= 0.6 is 11.8 Å². The predicted octanol–water partition coefficient (Wildman–Crippen LogP) is -0.113. The lowest BCUT2D eigenvalue weighted by atomic mass is 10.0. The van der Waals surface area contributed by atoms with E-state index >= 15 is 0 Å². The van der Waals surface area contributed by atoms with Gasteiger partial charge >= 0.3 is 5.97 Å². The molecule has 0 radical (unpaired) electrons. The predicted molar refractivity (Wildman–Crippen MR) is 34.8 cm³/mol. The van der Waals surface area contributed by atoms with Crippen LogP contribution in [0.3, 0.4) is 0 Å². The second-order valence-electron chi connectivity index (χ2n) is 2.30. The summed E-state index contributed by atoms with van der Waals surface area (Å²) in [4.78, 5) is 9.99. The number of halogens is 1. The van der Waals surface area contributed by atoms with Crippen LogP contribution in [0.25, 0.3) is 0 Å². The first-order valence-corrected chi connectivity index (χ1v) is 3.89. The van der Waals surface area contributed by atoms with Crippen molar-refractivity contribution in [2.45, 2.75) is 11.8 Å². The number of rotatable bonds is 2. The smallest absolute Gasteiger partial charge is 0.341 e. The third kappa shape index (κ3) is 1.11. The van der Waals surface area contributed by atoms with E-state index in [2.05, 4.69) is 0 Å². The zero-order valence-corrected chi connectivity index (χ0v) is 5.90. The van der Waals surface area contributed by atoms with E-state index in [4.69, 9.17) is 10.2 Å². The minimum atomic E-state index is -2.13. The van der Waals surface area contributed by atoms with Crippen molar-refractivity contribution in [1.29, 1.82) is 0 Å². The normalized spacial score (nSPS) is 25.0. The molecule has 2 N–H and O–H groups in total. The van der Waals surface area contributed by atoms with Crippen molar-refractivity contribution in [2.75, 3.05) is 11.5 Å². The molecular formula is C5H7FO3S. The fourth-order valence-corrected chi connectivity index (χ4v) is 1.60. The Kier molecular flexibility index (Phi) is 1.87. The molecule has 1 aliphatic heterocycles. The lowest BCUT2D eigenvalue weighted by molar-refractivity contribution is -0.151. The van der Waals surface area contributed by atoms with Crippen molar-refractivity contribution in [3.05, 3.63) is 0 Å². The molecule has 0 aromatic heterocycles. The van der Waals surface area contributed by atoms with E-state index in [-0.39, 0.29) is 11.5 Å². The monoisotopic (exact) mass is 166 g/mol. The molecule has 1 heterocycles. The van der Waals surface area contributed by atoms with Crippen molar-refractivity contribution >= 4 is 17.7 Å². The van der Waals surface area contributed by atoms with Crippen molar-refractivity contribution in [3.63, 3.8) is 0 Å². The molecule has 3 nitrogen and oxygen atoms in total. The first-order valence-electron chi connectivity index (χ1n) is 2.73. The first kappa shape index (κ1) is 7.81. The van der Waals surface area contributed by atoms with Crippen LogP contribution in [0.4, 0.5) is 4.39 Å². The summed E-state index contributed by atoms with van der Waals surface area (Å²) in [6.45, 7) is 0. The van der Waals surface area contributed by atoms with Crippen LogP contribution in [0.2, 0.25) is 0 Å². The number of alkyl halides is 1. The number of carbonyl (C=O) groups is 1. The Morgan fingerprint density at radius 3 is 2.30 bits per heavy atom. The molecule has 0 bridgehead atoms. The molecular weight excluding hydrogens is 159 g/mol. The highest BCUT2D eigenvalue weighted by atomic mass is 32.2. The van der Waals surface area contributed by atoms with Gasteiger partial charge in [-0.2, -0.15) is 11.8 Å². The molecule has 1 aliphatic rings. The first-order chi connectivity index (χ1) is 4.56. The van der Waals surface area contributed by atoms with Crippen LogP contribution in [-0.2, 0) is 4.79 Å². The van der Waals surface area contributed by atoms with Gasteiger partial charge in [-0.1, -0.05) is 0 Å². The molecule has 0 spiro atoms. The molecule has 0 aromatic rings. The molecule has 58 valence electrons. The number of carboxylic acid groups (broad SMARTS) is 1. The zero-order valence-electron chi connectivity index (χ0n) is 5.08. The highest BCUT2D eigenvalue weighted by Crippen LogP contribution is 2.33. The maximum absolute atomic E-state index is 12.5. The molecule has 10 heavy (non-hydrogen) atoms. The van der Waals surface area contributed by atoms with Gasteiger partial charge < -0.3 is 10.2 Å². The van der Waals surface area contributed by atoms with Crippen LogP contribution in [0, 0.1) is 0 Å². The van der Waals surface area contributed by atoms with Gasteiger partial charge in [0.15, 0.2) is 0 Å². The van der Waals surface area contributed by atoms with E-state index in [9.17, 15) is 9.18 Å². The van der Waals surface area contributed by atoms with Crippen molar-refractivity contribution in [3.8, 4) is 0 Å². The number of hydrogen-bond acceptors (Lipinski definition) is 3. The summed E-state index contributed by atoms with van der Waals surface area (Å²) in [6, 6.07) is 0. The zero-order chi connectivity index (χ0) is 7.78. The molecule has 0 amide bonds. The van der Waals surface area contributed by atoms with Gasteiger partial charge in [-0.3, -0.25) is 0 Å². The van der Waals surface area contributed by atoms with Gasteiger partial charge in [0, 0.05) is 11.5 Å². The average Bonchev–Trinajstić information content (AvgIpc) is 1.81. The molecule has 1 atom stereocenters. The fourth-order valence-electron chi connectivity index (χ4n) is 0.687. The lowest BCUT2D eigenvalue weighted by Gasteiger charge is -2.36.